The first-order valence-electron chi connectivity index (χ1n) is 8.71. The fourth-order valence-corrected chi connectivity index (χ4v) is 3.07. The molecule has 2 amide bonds. The van der Waals surface area contributed by atoms with E-state index in [0.717, 1.165) is 31.1 Å². The highest BCUT2D eigenvalue weighted by Crippen LogP contribution is 2.38. The van der Waals surface area contributed by atoms with Gasteiger partial charge in [0.05, 0.1) is 16.4 Å². The van der Waals surface area contributed by atoms with E-state index < -0.39 is 17.8 Å². The highest BCUT2D eigenvalue weighted by atomic mass is 35.5. The van der Waals surface area contributed by atoms with Gasteiger partial charge in [-0.25, -0.2) is 9.59 Å². The van der Waals surface area contributed by atoms with Gasteiger partial charge in [-0.2, -0.15) is 0 Å². The van der Waals surface area contributed by atoms with E-state index in [-0.39, 0.29) is 0 Å². The Morgan fingerprint density at radius 2 is 1.81 bits per heavy atom. The van der Waals surface area contributed by atoms with Crippen molar-refractivity contribution in [1.29, 1.82) is 0 Å². The van der Waals surface area contributed by atoms with Gasteiger partial charge in [0.2, 0.25) is 0 Å². The van der Waals surface area contributed by atoms with Crippen molar-refractivity contribution >= 4 is 40.8 Å². The molecule has 27 heavy (non-hydrogen) atoms. The molecule has 8 nitrogen and oxygen atoms in total. The van der Waals surface area contributed by atoms with Gasteiger partial charge < -0.3 is 19.6 Å². The lowest BCUT2D eigenvalue weighted by atomic mass is 10.2. The van der Waals surface area contributed by atoms with E-state index in [1.54, 1.807) is 26.8 Å². The molecule has 1 saturated heterocycles. The number of benzene rings is 1. The summed E-state index contributed by atoms with van der Waals surface area (Å²) in [6.45, 7) is 8.55. The Bertz CT molecular complexity index is 712. The molecule has 150 valence electrons. The van der Waals surface area contributed by atoms with Gasteiger partial charge in [0.25, 0.3) is 0 Å². The zero-order chi connectivity index (χ0) is 20.4. The number of anilines is 3. The SMILES string of the molecule is CN1CCN(c2cc(NC(=O)OC(C)(C)C)cc(N(C)C(=O)O)c2Cl)CC1. The fraction of sp³-hybridized carbons (Fsp3) is 0.556. The van der Waals surface area contributed by atoms with Crippen LogP contribution in [0.2, 0.25) is 5.02 Å². The molecule has 0 unspecified atom stereocenters. The van der Waals surface area contributed by atoms with Crippen LogP contribution in [0.3, 0.4) is 0 Å². The van der Waals surface area contributed by atoms with Crippen LogP contribution in [0, 0.1) is 0 Å². The van der Waals surface area contributed by atoms with Crippen LogP contribution >= 0.6 is 11.6 Å². The minimum atomic E-state index is -1.14. The first kappa shape index (κ1) is 21.1. The number of ether oxygens (including phenoxy) is 1. The van der Waals surface area contributed by atoms with E-state index in [1.807, 2.05) is 7.05 Å². The molecular weight excluding hydrogens is 372 g/mol. The van der Waals surface area contributed by atoms with Gasteiger partial charge >= 0.3 is 12.2 Å². The highest BCUT2D eigenvalue weighted by molar-refractivity contribution is 6.36. The fourth-order valence-electron chi connectivity index (χ4n) is 2.71. The molecule has 1 aromatic rings. The number of carbonyl (C=O) groups excluding carboxylic acids is 1. The Morgan fingerprint density at radius 3 is 2.33 bits per heavy atom. The van der Waals surface area contributed by atoms with E-state index in [0.29, 0.717) is 22.1 Å². The van der Waals surface area contributed by atoms with Gasteiger partial charge in [0.15, 0.2) is 0 Å². The van der Waals surface area contributed by atoms with Crippen molar-refractivity contribution in [1.82, 2.24) is 4.90 Å². The topological polar surface area (TPSA) is 85.4 Å². The minimum absolute atomic E-state index is 0.298. The second-order valence-electron chi connectivity index (χ2n) is 7.59. The third-order valence-corrected chi connectivity index (χ3v) is 4.56. The summed E-state index contributed by atoms with van der Waals surface area (Å²) >= 11 is 6.53. The Balaban J connectivity index is 2.38. The highest BCUT2D eigenvalue weighted by Gasteiger charge is 2.24. The molecule has 2 rings (SSSR count). The zero-order valence-electron chi connectivity index (χ0n) is 16.4. The Hall–Kier alpha value is -2.19. The van der Waals surface area contributed by atoms with Crippen LogP contribution in [0.4, 0.5) is 26.7 Å². The van der Waals surface area contributed by atoms with Crippen LogP contribution in [0.5, 0.6) is 0 Å². The van der Waals surface area contributed by atoms with Crippen molar-refractivity contribution in [2.75, 3.05) is 55.4 Å². The second kappa shape index (κ2) is 8.22. The minimum Gasteiger partial charge on any atom is -0.465 e. The van der Waals surface area contributed by atoms with Crippen molar-refractivity contribution in [3.63, 3.8) is 0 Å². The summed E-state index contributed by atoms with van der Waals surface area (Å²) in [6, 6.07) is 3.27. The Kier molecular flexibility index (Phi) is 6.43. The van der Waals surface area contributed by atoms with Crippen LogP contribution < -0.4 is 15.1 Å². The molecule has 2 N–H and O–H groups in total. The Morgan fingerprint density at radius 1 is 1.22 bits per heavy atom. The maximum atomic E-state index is 12.1. The summed E-state index contributed by atoms with van der Waals surface area (Å²) in [5.41, 5.74) is 0.760. The maximum Gasteiger partial charge on any atom is 0.412 e. The van der Waals surface area contributed by atoms with E-state index in [1.165, 1.54) is 13.1 Å². The van der Waals surface area contributed by atoms with Gasteiger partial charge in [-0.15, -0.1) is 0 Å². The molecule has 9 heteroatoms. The van der Waals surface area contributed by atoms with Gasteiger partial charge in [-0.3, -0.25) is 10.2 Å². The number of rotatable bonds is 3. The molecule has 1 heterocycles. The molecule has 0 radical (unpaired) electrons. The van der Waals surface area contributed by atoms with Crippen molar-refractivity contribution in [2.45, 2.75) is 26.4 Å². The van der Waals surface area contributed by atoms with E-state index in [9.17, 15) is 14.7 Å². The molecular formula is C18H27ClN4O4. The largest absolute Gasteiger partial charge is 0.465 e. The predicted octanol–water partition coefficient (Wildman–Crippen LogP) is 3.55. The van der Waals surface area contributed by atoms with Gasteiger partial charge in [-0.05, 0) is 40.0 Å². The summed E-state index contributed by atoms with van der Waals surface area (Å²) < 4.78 is 5.29. The molecule has 0 bridgehead atoms. The van der Waals surface area contributed by atoms with Gasteiger partial charge in [-0.1, -0.05) is 11.6 Å². The number of piperazine rings is 1. The van der Waals surface area contributed by atoms with Crippen molar-refractivity contribution in [3.05, 3.63) is 17.2 Å². The number of nitrogens with one attached hydrogen (secondary N) is 1. The maximum absolute atomic E-state index is 12.1. The van der Waals surface area contributed by atoms with Crippen LogP contribution in [-0.4, -0.2) is 68.1 Å². The summed E-state index contributed by atoms with van der Waals surface area (Å²) in [5, 5.41) is 12.4. The standard InChI is InChI=1S/C18H27ClN4O4/c1-18(2,3)27-16(24)20-12-10-13(22(5)17(25)26)15(19)14(11-12)23-8-6-21(4)7-9-23/h10-11H,6-9H2,1-5H3,(H,20,24)(H,25,26). The van der Waals surface area contributed by atoms with Crippen LogP contribution in [0.1, 0.15) is 20.8 Å². The van der Waals surface area contributed by atoms with Crippen molar-refractivity contribution < 1.29 is 19.4 Å². The summed E-state index contributed by atoms with van der Waals surface area (Å²) in [6.07, 6.45) is -1.76. The number of nitrogens with zero attached hydrogens (tertiary/aromatic N) is 3. The smallest absolute Gasteiger partial charge is 0.412 e. The normalized spacial score (nSPS) is 15.4. The Labute approximate surface area is 164 Å². The number of likely N-dealkylation sites (N-methyl/N-ethyl adjacent to an activating group) is 1. The molecule has 1 aliphatic rings. The number of hydrogen-bond donors (Lipinski definition) is 2. The molecule has 0 atom stereocenters. The lowest BCUT2D eigenvalue weighted by Crippen LogP contribution is -2.44. The lowest BCUT2D eigenvalue weighted by Gasteiger charge is -2.35. The van der Waals surface area contributed by atoms with E-state index in [2.05, 4.69) is 15.1 Å². The summed E-state index contributed by atoms with van der Waals surface area (Å²) in [7, 11) is 3.46. The molecule has 1 aliphatic heterocycles. The summed E-state index contributed by atoms with van der Waals surface area (Å²) in [4.78, 5) is 28.9. The third kappa shape index (κ3) is 5.64. The second-order valence-corrected chi connectivity index (χ2v) is 7.97. The van der Waals surface area contributed by atoms with Crippen LogP contribution in [-0.2, 0) is 4.74 Å². The average molecular weight is 399 g/mol. The molecule has 0 spiro atoms. The monoisotopic (exact) mass is 398 g/mol. The molecule has 0 aliphatic carbocycles. The molecule has 0 aromatic heterocycles. The number of halogens is 1. The first-order valence-corrected chi connectivity index (χ1v) is 9.09. The number of carboxylic acid groups (broad SMARTS) is 1. The first-order chi connectivity index (χ1) is 12.5. The third-order valence-electron chi connectivity index (χ3n) is 4.17. The van der Waals surface area contributed by atoms with E-state index in [4.69, 9.17) is 16.3 Å². The lowest BCUT2D eigenvalue weighted by molar-refractivity contribution is 0.0636. The van der Waals surface area contributed by atoms with Crippen LogP contribution in [0.25, 0.3) is 0 Å². The predicted molar refractivity (Wildman–Crippen MR) is 107 cm³/mol. The van der Waals surface area contributed by atoms with Crippen LogP contribution in [0.15, 0.2) is 12.1 Å². The van der Waals surface area contributed by atoms with Crippen molar-refractivity contribution in [2.24, 2.45) is 0 Å². The van der Waals surface area contributed by atoms with Gasteiger partial charge in [0, 0.05) is 38.9 Å². The average Bonchev–Trinajstić information content (AvgIpc) is 2.54. The molecule has 1 aromatic carbocycles. The summed E-state index contributed by atoms with van der Waals surface area (Å²) in [5.74, 6) is 0. The van der Waals surface area contributed by atoms with Gasteiger partial charge in [0.1, 0.15) is 5.60 Å². The number of hydrogen-bond acceptors (Lipinski definition) is 5. The van der Waals surface area contributed by atoms with E-state index >= 15 is 0 Å². The van der Waals surface area contributed by atoms with Crippen molar-refractivity contribution in [3.8, 4) is 0 Å². The number of amides is 2. The molecule has 0 saturated carbocycles. The number of carbonyl (C=O) groups is 2. The quantitative estimate of drug-likeness (QED) is 0.809. The molecule has 1 fully saturated rings. The zero-order valence-corrected chi connectivity index (χ0v) is 17.1.